The molecular weight excluding hydrogens is 449 g/mol. The molecule has 0 spiro atoms. The van der Waals surface area contributed by atoms with E-state index < -0.39 is 20.9 Å². The molecule has 0 saturated carbocycles. The van der Waals surface area contributed by atoms with Crippen molar-refractivity contribution < 1.29 is 52.4 Å². The number of nitrogens with zero attached hydrogens (tertiary/aromatic N) is 1. The van der Waals surface area contributed by atoms with Gasteiger partial charge in [0.05, 0.1) is 12.8 Å². The molecule has 0 aliphatic heterocycles. The van der Waals surface area contributed by atoms with Crippen LogP contribution in [-0.2, 0) is 10.1 Å². The largest absolute Gasteiger partial charge is 1.00 e. The summed E-state index contributed by atoms with van der Waals surface area (Å²) in [7, 11) is -3.11. The summed E-state index contributed by atoms with van der Waals surface area (Å²) in [6.45, 7) is 2.24. The number of unbranched alkanes of at least 4 members (excludes halogenated alkanes) is 11. The third kappa shape index (κ3) is 15.6. The van der Waals surface area contributed by atoms with Crippen LogP contribution < -0.4 is 39.4 Å². The first-order valence-electron chi connectivity index (χ1n) is 11.9. The van der Waals surface area contributed by atoms with E-state index in [0.29, 0.717) is 6.42 Å². The van der Waals surface area contributed by atoms with E-state index in [-0.39, 0.29) is 47.4 Å². The second-order valence-corrected chi connectivity index (χ2v) is 9.54. The second-order valence-electron chi connectivity index (χ2n) is 8.15. The molecule has 1 aromatic carbocycles. The SMILES string of the molecule is CCCCCCCC/C=C/CCCCCCCC([O-])=Nc1ccc(OC)cc1S(=O)(=O)O.[Na+]. The fraction of sp³-hybridized carbons (Fsp3) is 0.640. The first-order valence-corrected chi connectivity index (χ1v) is 13.4. The van der Waals surface area contributed by atoms with E-state index in [0.717, 1.165) is 38.2 Å². The van der Waals surface area contributed by atoms with E-state index in [2.05, 4.69) is 24.1 Å². The van der Waals surface area contributed by atoms with Gasteiger partial charge in [0, 0.05) is 6.07 Å². The molecule has 8 heteroatoms. The Morgan fingerprint density at radius 1 is 0.970 bits per heavy atom. The van der Waals surface area contributed by atoms with Crippen LogP contribution in [0.5, 0.6) is 5.75 Å². The average Bonchev–Trinajstić information content (AvgIpc) is 2.76. The van der Waals surface area contributed by atoms with Crippen LogP contribution >= 0.6 is 0 Å². The standard InChI is InChI=1S/C25H41NO5S.Na/c1-3-4-5-6-7-8-9-10-11-12-13-14-15-16-17-18-25(27)26-23-20-19-22(31-2)21-24(23)32(28,29)30;/h10-11,19-21H,3-9,12-18H2,1-2H3,(H,26,27)(H,28,29,30);/q;+1/p-1/b11-10+;. The van der Waals surface area contributed by atoms with Gasteiger partial charge in [0.25, 0.3) is 10.1 Å². The van der Waals surface area contributed by atoms with E-state index in [1.807, 2.05) is 0 Å². The van der Waals surface area contributed by atoms with E-state index in [1.165, 1.54) is 64.2 Å². The second kappa shape index (κ2) is 19.4. The summed E-state index contributed by atoms with van der Waals surface area (Å²) in [5, 5.41) is 12.1. The Labute approximate surface area is 223 Å². The van der Waals surface area contributed by atoms with Crippen LogP contribution in [0, 0.1) is 0 Å². The van der Waals surface area contributed by atoms with Crippen LogP contribution in [0.15, 0.2) is 40.2 Å². The maximum Gasteiger partial charge on any atom is 1.00 e. The van der Waals surface area contributed by atoms with Crippen LogP contribution in [0.25, 0.3) is 0 Å². The predicted octanol–water partition coefficient (Wildman–Crippen LogP) is 3.37. The number of hydrogen-bond acceptors (Lipinski definition) is 5. The van der Waals surface area contributed by atoms with Gasteiger partial charge >= 0.3 is 29.6 Å². The smallest absolute Gasteiger partial charge is 0.862 e. The molecule has 0 aromatic heterocycles. The monoisotopic (exact) mass is 489 g/mol. The van der Waals surface area contributed by atoms with Crippen molar-refractivity contribution in [2.75, 3.05) is 7.11 Å². The molecule has 0 atom stereocenters. The quantitative estimate of drug-likeness (QED) is 0.0851. The Kier molecular flexibility index (Phi) is 18.9. The van der Waals surface area contributed by atoms with Gasteiger partial charge in [-0.1, -0.05) is 70.4 Å². The topological polar surface area (TPSA) is 99.0 Å². The van der Waals surface area contributed by atoms with E-state index in [4.69, 9.17) is 4.74 Å². The Hall–Kier alpha value is -0.860. The number of ether oxygens (including phenoxy) is 1. The summed E-state index contributed by atoms with van der Waals surface area (Å²) in [5.74, 6) is -0.126. The van der Waals surface area contributed by atoms with Crippen molar-refractivity contribution in [3.05, 3.63) is 30.4 Å². The van der Waals surface area contributed by atoms with Crippen LogP contribution in [0.3, 0.4) is 0 Å². The molecule has 0 aliphatic rings. The molecule has 33 heavy (non-hydrogen) atoms. The first kappa shape index (κ1) is 32.1. The third-order valence-corrected chi connectivity index (χ3v) is 6.23. The maximum absolute atomic E-state index is 12.1. The number of benzene rings is 1. The van der Waals surface area contributed by atoms with Crippen molar-refractivity contribution in [2.45, 2.75) is 102 Å². The van der Waals surface area contributed by atoms with Crippen molar-refractivity contribution in [3.8, 4) is 5.75 Å². The number of hydrogen-bond donors (Lipinski definition) is 1. The van der Waals surface area contributed by atoms with Gasteiger partial charge in [-0.15, -0.1) is 0 Å². The minimum atomic E-state index is -4.49. The van der Waals surface area contributed by atoms with Crippen molar-refractivity contribution in [1.82, 2.24) is 0 Å². The summed E-state index contributed by atoms with van der Waals surface area (Å²) in [6, 6.07) is 4.02. The summed E-state index contributed by atoms with van der Waals surface area (Å²) in [6.07, 6.45) is 20.2. The summed E-state index contributed by atoms with van der Waals surface area (Å²) in [4.78, 5) is 3.44. The van der Waals surface area contributed by atoms with Gasteiger partial charge in [0.2, 0.25) is 0 Å². The van der Waals surface area contributed by atoms with Gasteiger partial charge in [0.15, 0.2) is 0 Å². The van der Waals surface area contributed by atoms with E-state index in [9.17, 15) is 18.1 Å². The van der Waals surface area contributed by atoms with E-state index >= 15 is 0 Å². The molecule has 0 heterocycles. The molecule has 6 nitrogen and oxygen atoms in total. The Morgan fingerprint density at radius 2 is 1.52 bits per heavy atom. The number of allylic oxidation sites excluding steroid dienone is 2. The molecule has 0 bridgehead atoms. The predicted molar refractivity (Wildman–Crippen MR) is 129 cm³/mol. The average molecular weight is 490 g/mol. The zero-order valence-corrected chi connectivity index (χ0v) is 23.5. The summed E-state index contributed by atoms with van der Waals surface area (Å²) < 4.78 is 37.4. The van der Waals surface area contributed by atoms with Crippen LogP contribution in [0.1, 0.15) is 96.8 Å². The molecule has 0 fully saturated rings. The third-order valence-electron chi connectivity index (χ3n) is 5.34. The van der Waals surface area contributed by atoms with Gasteiger partial charge in [-0.2, -0.15) is 8.42 Å². The van der Waals surface area contributed by atoms with Crippen LogP contribution in [0.4, 0.5) is 5.69 Å². The minimum Gasteiger partial charge on any atom is -0.862 e. The Morgan fingerprint density at radius 3 is 2.06 bits per heavy atom. The zero-order chi connectivity index (χ0) is 23.7. The summed E-state index contributed by atoms with van der Waals surface area (Å²) in [5.41, 5.74) is -0.0638. The molecule has 0 radical (unpaired) electrons. The minimum absolute atomic E-state index is 0. The molecule has 0 aliphatic carbocycles. The van der Waals surface area contributed by atoms with Crippen molar-refractivity contribution in [1.29, 1.82) is 0 Å². The molecular formula is C25H40NNaO5S. The van der Waals surface area contributed by atoms with Gasteiger partial charge in [-0.05, 0) is 56.6 Å². The molecule has 0 unspecified atom stereocenters. The Balaban J connectivity index is 0.0000102. The van der Waals surface area contributed by atoms with Gasteiger partial charge in [0.1, 0.15) is 10.6 Å². The van der Waals surface area contributed by atoms with Crippen LogP contribution in [-0.4, -0.2) is 26.0 Å². The molecule has 182 valence electrons. The number of aliphatic imine (C=N–C) groups is 1. The van der Waals surface area contributed by atoms with Gasteiger partial charge < -0.3 is 9.84 Å². The van der Waals surface area contributed by atoms with Crippen molar-refractivity contribution in [3.63, 3.8) is 0 Å². The number of rotatable bonds is 18. The van der Waals surface area contributed by atoms with Crippen molar-refractivity contribution in [2.24, 2.45) is 4.99 Å². The Bertz CT molecular complexity index is 809. The van der Waals surface area contributed by atoms with Crippen LogP contribution in [0.2, 0.25) is 0 Å². The number of methoxy groups -OCH3 is 1. The molecule has 0 amide bonds. The van der Waals surface area contributed by atoms with E-state index in [1.54, 1.807) is 0 Å². The zero-order valence-electron chi connectivity index (χ0n) is 20.7. The fourth-order valence-electron chi connectivity index (χ4n) is 3.46. The summed E-state index contributed by atoms with van der Waals surface area (Å²) >= 11 is 0. The molecule has 1 aromatic rings. The molecule has 1 N–H and O–H groups in total. The maximum atomic E-state index is 12.1. The fourth-order valence-corrected chi connectivity index (χ4v) is 4.10. The molecule has 0 saturated heterocycles. The van der Waals surface area contributed by atoms with Gasteiger partial charge in [-0.3, -0.25) is 9.55 Å². The molecule has 1 rings (SSSR count). The van der Waals surface area contributed by atoms with Crippen molar-refractivity contribution >= 4 is 21.7 Å². The van der Waals surface area contributed by atoms with Gasteiger partial charge in [-0.25, -0.2) is 0 Å². The first-order chi connectivity index (χ1) is 15.4. The normalized spacial score (nSPS) is 12.2.